The van der Waals surface area contributed by atoms with Gasteiger partial charge in [-0.05, 0) is 68.6 Å². The molecule has 3 aromatic rings. The van der Waals surface area contributed by atoms with Crippen molar-refractivity contribution in [1.82, 2.24) is 9.80 Å². The highest BCUT2D eigenvalue weighted by atomic mass is 32.2. The summed E-state index contributed by atoms with van der Waals surface area (Å²) in [5.74, 6) is 3.00. The van der Waals surface area contributed by atoms with Crippen LogP contribution < -0.4 is 24.0 Å². The maximum Gasteiger partial charge on any atom is 0.203 e. The van der Waals surface area contributed by atoms with Gasteiger partial charge in [0.25, 0.3) is 0 Å². The van der Waals surface area contributed by atoms with E-state index in [1.807, 2.05) is 36.4 Å². The number of unbranched alkanes of at least 4 members (excludes halogenated alkanes) is 1. The van der Waals surface area contributed by atoms with Gasteiger partial charge in [-0.25, -0.2) is 0 Å². The average molecular weight is 650 g/mol. The fraction of sp³-hybridized carbons (Fsp3) is 0.514. The third kappa shape index (κ3) is 7.29. The highest BCUT2D eigenvalue weighted by Crippen LogP contribution is 2.50. The van der Waals surface area contributed by atoms with Crippen LogP contribution in [0.4, 0.5) is 0 Å². The molecule has 250 valence electrons. The summed E-state index contributed by atoms with van der Waals surface area (Å²) in [7, 11) is 4.95. The van der Waals surface area contributed by atoms with Crippen molar-refractivity contribution in [3.05, 3.63) is 82.6 Å². The number of hydrogen-bond acceptors (Lipinski definition) is 8. The summed E-state index contributed by atoms with van der Waals surface area (Å²) in [6.45, 7) is 13.4. The molecule has 0 aliphatic carbocycles. The molecule has 0 radical (unpaired) electrons. The number of quaternary nitrogens is 1. The first kappa shape index (κ1) is 34.4. The summed E-state index contributed by atoms with van der Waals surface area (Å²) in [5.41, 5.74) is 3.32. The number of hydrogen-bond donors (Lipinski definition) is 1. The second kappa shape index (κ2) is 15.8. The van der Waals surface area contributed by atoms with Gasteiger partial charge in [-0.15, -0.1) is 0 Å². The lowest BCUT2D eigenvalue weighted by molar-refractivity contribution is -0.929. The molecule has 0 bridgehead atoms. The first-order valence-electron chi connectivity index (χ1n) is 16.6. The first-order valence-corrected chi connectivity index (χ1v) is 17.4. The van der Waals surface area contributed by atoms with E-state index in [4.69, 9.17) is 18.9 Å². The largest absolute Gasteiger partial charge is 0.633 e. The summed E-state index contributed by atoms with van der Waals surface area (Å²) in [6.07, 6.45) is 2.99. The average Bonchev–Trinajstić information content (AvgIpc) is 3.08. The Morgan fingerprint density at radius 1 is 0.848 bits per heavy atom. The summed E-state index contributed by atoms with van der Waals surface area (Å²) in [4.78, 5) is 5.62. The predicted octanol–water partition coefficient (Wildman–Crippen LogP) is 5.79. The van der Waals surface area contributed by atoms with E-state index in [1.54, 1.807) is 33.1 Å². The number of thioether (sulfide) groups is 1. The molecule has 1 fully saturated rings. The smallest absolute Gasteiger partial charge is 0.203 e. The minimum absolute atomic E-state index is 0.117. The van der Waals surface area contributed by atoms with E-state index < -0.39 is 4.87 Å². The van der Waals surface area contributed by atoms with Crippen molar-refractivity contribution in [2.45, 2.75) is 55.8 Å². The van der Waals surface area contributed by atoms with Crippen LogP contribution in [-0.2, 0) is 11.3 Å². The van der Waals surface area contributed by atoms with Crippen molar-refractivity contribution >= 4 is 11.8 Å². The number of rotatable bonds is 14. The van der Waals surface area contributed by atoms with E-state index in [-0.39, 0.29) is 17.0 Å². The molecule has 46 heavy (non-hydrogen) atoms. The molecule has 9 heteroatoms. The van der Waals surface area contributed by atoms with Gasteiger partial charge in [0.2, 0.25) is 5.75 Å². The molecule has 3 unspecified atom stereocenters. The zero-order valence-corrected chi connectivity index (χ0v) is 29.2. The Morgan fingerprint density at radius 2 is 1.48 bits per heavy atom. The molecule has 0 amide bonds. The van der Waals surface area contributed by atoms with Crippen molar-refractivity contribution in [2.24, 2.45) is 5.92 Å². The second-order valence-corrected chi connectivity index (χ2v) is 13.9. The Morgan fingerprint density at radius 3 is 2.13 bits per heavy atom. The normalized spacial score (nSPS) is 22.0. The van der Waals surface area contributed by atoms with Crippen LogP contribution in [0.1, 0.15) is 56.3 Å². The van der Waals surface area contributed by atoms with Gasteiger partial charge in [-0.3, -0.25) is 0 Å². The Hall–Kier alpha value is -2.95. The van der Waals surface area contributed by atoms with Crippen LogP contribution in [0.15, 0.2) is 65.6 Å². The van der Waals surface area contributed by atoms with E-state index >= 15 is 0 Å². The molecule has 1 N–H and O–H groups in total. The Balaban J connectivity index is 1.09. The Bertz CT molecular complexity index is 1400. The van der Waals surface area contributed by atoms with E-state index in [1.165, 1.54) is 10.5 Å². The Labute approximate surface area is 279 Å². The minimum Gasteiger partial charge on any atom is -0.633 e. The highest BCUT2D eigenvalue weighted by molar-refractivity contribution is 8.00. The molecular formula is C37H51N3O5S. The third-order valence-corrected chi connectivity index (χ3v) is 11.4. The summed E-state index contributed by atoms with van der Waals surface area (Å²) < 4.78 is 23.0. The lowest BCUT2D eigenvalue weighted by atomic mass is 9.91. The van der Waals surface area contributed by atoms with Gasteiger partial charge < -0.3 is 39.0 Å². The SMILES string of the molecule is COc1cc(CCN2CCN(CCCCOc3ccccc3C3(C(C)C)Sc4ccccc4C(C)[NH+]3[O-])CC2)cc(OC)c1OC. The molecule has 2 aliphatic rings. The van der Waals surface area contributed by atoms with Gasteiger partial charge in [-0.2, -0.15) is 0 Å². The fourth-order valence-corrected chi connectivity index (χ4v) is 8.49. The molecule has 0 spiro atoms. The molecule has 1 saturated heterocycles. The van der Waals surface area contributed by atoms with Gasteiger partial charge in [0, 0.05) is 49.1 Å². The van der Waals surface area contributed by atoms with Gasteiger partial charge in [0.05, 0.1) is 33.5 Å². The molecule has 2 heterocycles. The number of ether oxygens (including phenoxy) is 4. The van der Waals surface area contributed by atoms with Gasteiger partial charge in [-0.1, -0.05) is 55.9 Å². The fourth-order valence-electron chi connectivity index (χ4n) is 6.84. The zero-order chi connectivity index (χ0) is 32.7. The van der Waals surface area contributed by atoms with Gasteiger partial charge >= 0.3 is 0 Å². The number of methoxy groups -OCH3 is 3. The molecule has 3 atom stereocenters. The van der Waals surface area contributed by atoms with Crippen molar-refractivity contribution in [3.63, 3.8) is 0 Å². The zero-order valence-electron chi connectivity index (χ0n) is 28.3. The van der Waals surface area contributed by atoms with Crippen LogP contribution in [0.25, 0.3) is 0 Å². The number of piperazine rings is 1. The second-order valence-electron chi connectivity index (χ2n) is 12.6. The van der Waals surface area contributed by atoms with E-state index in [0.29, 0.717) is 23.9 Å². The first-order chi connectivity index (χ1) is 22.3. The molecule has 0 saturated carbocycles. The van der Waals surface area contributed by atoms with E-state index in [9.17, 15) is 5.21 Å². The van der Waals surface area contributed by atoms with E-state index in [2.05, 4.69) is 54.8 Å². The number of benzene rings is 3. The number of hydroxylamine groups is 2. The van der Waals surface area contributed by atoms with Crippen LogP contribution in [0.2, 0.25) is 0 Å². The molecule has 3 aromatic carbocycles. The molecule has 2 aliphatic heterocycles. The number of nitrogens with zero attached hydrogens (tertiary/aromatic N) is 2. The summed E-state index contributed by atoms with van der Waals surface area (Å²) >= 11 is 1.70. The molecular weight excluding hydrogens is 598 g/mol. The maximum absolute atomic E-state index is 14.1. The number of nitrogens with one attached hydrogen (secondary N) is 1. The molecule has 0 aromatic heterocycles. The number of para-hydroxylation sites is 1. The van der Waals surface area contributed by atoms with Crippen molar-refractivity contribution in [3.8, 4) is 23.0 Å². The quantitative estimate of drug-likeness (QED) is 0.174. The number of fused-ring (bicyclic) bond motifs is 1. The van der Waals surface area contributed by atoms with Gasteiger partial charge in [0.15, 0.2) is 16.4 Å². The molecule has 5 rings (SSSR count). The molecule has 8 nitrogen and oxygen atoms in total. The standard InChI is InChI=1S/C37H51N3O5S/c1-27(2)37(40(41)28(3)30-13-7-10-16-35(30)46-37)31-14-8-9-15-32(31)45-24-12-11-18-38-20-22-39(23-21-38)19-17-29-25-33(42-4)36(44-6)34(26-29)43-5/h7-10,13-16,25-28,40H,11-12,17-24H2,1-6H3. The van der Waals surface area contributed by atoms with Crippen LogP contribution in [0.3, 0.4) is 0 Å². The lowest BCUT2D eigenvalue weighted by Crippen LogP contribution is -3.15. The topological polar surface area (TPSA) is 70.9 Å². The highest BCUT2D eigenvalue weighted by Gasteiger charge is 2.51. The van der Waals surface area contributed by atoms with Crippen LogP contribution in [0.5, 0.6) is 23.0 Å². The van der Waals surface area contributed by atoms with Gasteiger partial charge in [0.1, 0.15) is 11.8 Å². The summed E-state index contributed by atoms with van der Waals surface area (Å²) in [6, 6.07) is 20.5. The monoisotopic (exact) mass is 649 g/mol. The van der Waals surface area contributed by atoms with Crippen LogP contribution in [0, 0.1) is 11.1 Å². The van der Waals surface area contributed by atoms with Crippen molar-refractivity contribution in [2.75, 3.05) is 67.2 Å². The maximum atomic E-state index is 14.1. The third-order valence-electron chi connectivity index (χ3n) is 9.55. The van der Waals surface area contributed by atoms with Crippen LogP contribution in [-0.4, -0.2) is 77.0 Å². The summed E-state index contributed by atoms with van der Waals surface area (Å²) in [5, 5.41) is 14.3. The minimum atomic E-state index is -0.671. The Kier molecular flexibility index (Phi) is 11.8. The van der Waals surface area contributed by atoms with E-state index in [0.717, 1.165) is 75.4 Å². The van der Waals surface area contributed by atoms with Crippen molar-refractivity contribution in [1.29, 1.82) is 0 Å². The van der Waals surface area contributed by atoms with Crippen LogP contribution >= 0.6 is 11.8 Å². The predicted molar refractivity (Wildman–Crippen MR) is 185 cm³/mol. The van der Waals surface area contributed by atoms with Crippen molar-refractivity contribution < 1.29 is 24.0 Å². The lowest BCUT2D eigenvalue weighted by Gasteiger charge is -2.52.